The second-order valence-corrected chi connectivity index (χ2v) is 5.64. The summed E-state index contributed by atoms with van der Waals surface area (Å²) in [4.78, 5) is 0. The molecule has 0 aromatic carbocycles. The van der Waals surface area contributed by atoms with Crippen molar-refractivity contribution in [1.29, 1.82) is 0 Å². The van der Waals surface area contributed by atoms with E-state index in [2.05, 4.69) is 29.5 Å². The minimum atomic E-state index is 0.886. The van der Waals surface area contributed by atoms with E-state index in [9.17, 15) is 0 Å². The number of unbranched alkanes of at least 4 members (excludes halogenated alkanes) is 1. The summed E-state index contributed by atoms with van der Waals surface area (Å²) in [5, 5.41) is 0. The fourth-order valence-electron chi connectivity index (χ4n) is 1.27. The van der Waals surface area contributed by atoms with Gasteiger partial charge in [0.2, 0.25) is 0 Å². The predicted octanol–water partition coefficient (Wildman–Crippen LogP) is 3.78. The van der Waals surface area contributed by atoms with Crippen molar-refractivity contribution in [2.45, 2.75) is 49.4 Å². The molecule has 0 aliphatic heterocycles. The summed E-state index contributed by atoms with van der Waals surface area (Å²) >= 11 is 2.52. The van der Waals surface area contributed by atoms with Gasteiger partial charge in [-0.15, -0.1) is 0 Å². The number of hydrogen-bond donors (Lipinski definition) is 0. The summed E-state index contributed by atoms with van der Waals surface area (Å²) < 4.78 is 0.886. The Morgan fingerprint density at radius 2 is 2.10 bits per heavy atom. The molecule has 1 heteroatoms. The van der Waals surface area contributed by atoms with E-state index in [-0.39, 0.29) is 0 Å². The molecule has 0 aromatic rings. The van der Waals surface area contributed by atoms with Crippen LogP contribution in [0, 0.1) is 5.92 Å². The highest BCUT2D eigenvalue weighted by molar-refractivity contribution is 14.1. The highest BCUT2D eigenvalue weighted by Crippen LogP contribution is 2.34. The molecule has 0 bridgehead atoms. The van der Waals surface area contributed by atoms with Crippen LogP contribution in [0.5, 0.6) is 0 Å². The Hall–Kier alpha value is 0.730. The summed E-state index contributed by atoms with van der Waals surface area (Å²) in [7, 11) is 0. The Morgan fingerprint density at radius 3 is 2.60 bits per heavy atom. The lowest BCUT2D eigenvalue weighted by molar-refractivity contribution is 0.606. The molecule has 0 saturated heterocycles. The van der Waals surface area contributed by atoms with Crippen LogP contribution in [0.4, 0.5) is 0 Å². The standard InChI is InChI=1S/C9H17I/c1-8(10)4-2-3-5-9-6-7-9/h8-9H,2-7H2,1H3. The smallest absolute Gasteiger partial charge is 0.00813 e. The molecule has 1 saturated carbocycles. The van der Waals surface area contributed by atoms with Gasteiger partial charge in [0.15, 0.2) is 0 Å². The van der Waals surface area contributed by atoms with Crippen molar-refractivity contribution in [2.75, 3.05) is 0 Å². The van der Waals surface area contributed by atoms with Gasteiger partial charge in [0, 0.05) is 3.92 Å². The minimum absolute atomic E-state index is 0.886. The average Bonchev–Trinajstić information content (AvgIpc) is 2.62. The molecule has 0 nitrogen and oxygen atoms in total. The van der Waals surface area contributed by atoms with Gasteiger partial charge in [-0.2, -0.15) is 0 Å². The lowest BCUT2D eigenvalue weighted by atomic mass is 10.1. The zero-order chi connectivity index (χ0) is 7.40. The Bertz CT molecular complexity index is 80.7. The van der Waals surface area contributed by atoms with Crippen molar-refractivity contribution in [3.8, 4) is 0 Å². The maximum Gasteiger partial charge on any atom is 0.00813 e. The number of halogens is 1. The minimum Gasteiger partial charge on any atom is -0.0829 e. The molecular formula is C9H17I. The van der Waals surface area contributed by atoms with Crippen LogP contribution in [0.2, 0.25) is 0 Å². The van der Waals surface area contributed by atoms with Gasteiger partial charge in [-0.05, 0) is 12.3 Å². The largest absolute Gasteiger partial charge is 0.0829 e. The van der Waals surface area contributed by atoms with Crippen molar-refractivity contribution in [1.82, 2.24) is 0 Å². The predicted molar refractivity (Wildman–Crippen MR) is 54.7 cm³/mol. The second kappa shape index (κ2) is 4.58. The fourth-order valence-corrected chi connectivity index (χ4v) is 1.71. The maximum absolute atomic E-state index is 2.52. The molecule has 60 valence electrons. The molecular weight excluding hydrogens is 235 g/mol. The van der Waals surface area contributed by atoms with Crippen LogP contribution in [-0.4, -0.2) is 3.92 Å². The molecule has 1 atom stereocenters. The van der Waals surface area contributed by atoms with E-state index >= 15 is 0 Å². The molecule has 0 spiro atoms. The zero-order valence-corrected chi connectivity index (χ0v) is 8.93. The molecule has 1 unspecified atom stereocenters. The summed E-state index contributed by atoms with van der Waals surface area (Å²) in [5.41, 5.74) is 0. The summed E-state index contributed by atoms with van der Waals surface area (Å²) in [6, 6.07) is 0. The lowest BCUT2D eigenvalue weighted by Crippen LogP contribution is -1.89. The SMILES string of the molecule is CC(I)CCCCC1CC1. The van der Waals surface area contributed by atoms with Crippen LogP contribution in [0.3, 0.4) is 0 Å². The second-order valence-electron chi connectivity index (χ2n) is 3.51. The van der Waals surface area contributed by atoms with Gasteiger partial charge >= 0.3 is 0 Å². The zero-order valence-electron chi connectivity index (χ0n) is 6.78. The molecule has 10 heavy (non-hydrogen) atoms. The number of hydrogen-bond acceptors (Lipinski definition) is 0. The Labute approximate surface area is 77.9 Å². The van der Waals surface area contributed by atoms with E-state index in [1.165, 1.54) is 38.5 Å². The lowest BCUT2D eigenvalue weighted by Gasteiger charge is -2.01. The molecule has 1 aliphatic rings. The van der Waals surface area contributed by atoms with Crippen LogP contribution in [-0.2, 0) is 0 Å². The van der Waals surface area contributed by atoms with Gasteiger partial charge in [0.05, 0.1) is 0 Å². The molecule has 1 aliphatic carbocycles. The molecule has 0 aromatic heterocycles. The summed E-state index contributed by atoms with van der Waals surface area (Å²) in [5.74, 6) is 1.14. The summed E-state index contributed by atoms with van der Waals surface area (Å²) in [6.07, 6.45) is 8.94. The van der Waals surface area contributed by atoms with Gasteiger partial charge in [0.25, 0.3) is 0 Å². The van der Waals surface area contributed by atoms with Crippen LogP contribution < -0.4 is 0 Å². The highest BCUT2D eigenvalue weighted by Gasteiger charge is 2.19. The van der Waals surface area contributed by atoms with Crippen molar-refractivity contribution in [3.05, 3.63) is 0 Å². The molecule has 0 radical (unpaired) electrons. The first-order valence-corrected chi connectivity index (χ1v) is 5.67. The fraction of sp³-hybridized carbons (Fsp3) is 1.00. The normalized spacial score (nSPS) is 21.0. The molecule has 0 N–H and O–H groups in total. The van der Waals surface area contributed by atoms with E-state index in [0.29, 0.717) is 0 Å². The Kier molecular flexibility index (Phi) is 4.04. The monoisotopic (exact) mass is 252 g/mol. The van der Waals surface area contributed by atoms with Crippen molar-refractivity contribution in [2.24, 2.45) is 5.92 Å². The number of rotatable bonds is 5. The molecule has 1 rings (SSSR count). The van der Waals surface area contributed by atoms with E-state index in [4.69, 9.17) is 0 Å². The molecule has 0 amide bonds. The van der Waals surface area contributed by atoms with Gasteiger partial charge in [-0.25, -0.2) is 0 Å². The first-order valence-electron chi connectivity index (χ1n) is 4.43. The van der Waals surface area contributed by atoms with Crippen LogP contribution in [0.15, 0.2) is 0 Å². The van der Waals surface area contributed by atoms with E-state index in [1.807, 2.05) is 0 Å². The van der Waals surface area contributed by atoms with Crippen molar-refractivity contribution >= 4 is 22.6 Å². The van der Waals surface area contributed by atoms with Gasteiger partial charge in [0.1, 0.15) is 0 Å². The van der Waals surface area contributed by atoms with E-state index in [1.54, 1.807) is 0 Å². The van der Waals surface area contributed by atoms with Gasteiger partial charge < -0.3 is 0 Å². The third-order valence-electron chi connectivity index (χ3n) is 2.16. The quantitative estimate of drug-likeness (QED) is 0.397. The third-order valence-corrected chi connectivity index (χ3v) is 2.78. The van der Waals surface area contributed by atoms with Gasteiger partial charge in [-0.3, -0.25) is 0 Å². The number of alkyl halides is 1. The van der Waals surface area contributed by atoms with Gasteiger partial charge in [-0.1, -0.05) is 61.6 Å². The Balaban J connectivity index is 1.76. The highest BCUT2D eigenvalue weighted by atomic mass is 127. The van der Waals surface area contributed by atoms with E-state index in [0.717, 1.165) is 9.84 Å². The molecule has 1 fully saturated rings. The average molecular weight is 252 g/mol. The van der Waals surface area contributed by atoms with Crippen molar-refractivity contribution in [3.63, 3.8) is 0 Å². The Morgan fingerprint density at radius 1 is 1.40 bits per heavy atom. The van der Waals surface area contributed by atoms with Crippen LogP contribution in [0.1, 0.15) is 45.4 Å². The van der Waals surface area contributed by atoms with Crippen LogP contribution >= 0.6 is 22.6 Å². The molecule has 0 heterocycles. The van der Waals surface area contributed by atoms with Crippen molar-refractivity contribution < 1.29 is 0 Å². The summed E-state index contributed by atoms with van der Waals surface area (Å²) in [6.45, 7) is 2.30. The first-order chi connectivity index (χ1) is 4.79. The third kappa shape index (κ3) is 4.53. The van der Waals surface area contributed by atoms with Crippen LogP contribution in [0.25, 0.3) is 0 Å². The maximum atomic E-state index is 2.52. The topological polar surface area (TPSA) is 0 Å². The van der Waals surface area contributed by atoms with E-state index < -0.39 is 0 Å². The first kappa shape index (κ1) is 8.82.